The highest BCUT2D eigenvalue weighted by Gasteiger charge is 2.21. The summed E-state index contributed by atoms with van der Waals surface area (Å²) in [6.45, 7) is 6.98. The second-order valence-electron chi connectivity index (χ2n) is 4.83. The van der Waals surface area contributed by atoms with Crippen LogP contribution in [0, 0.1) is 5.92 Å². The summed E-state index contributed by atoms with van der Waals surface area (Å²) in [6.07, 6.45) is 1.43. The van der Waals surface area contributed by atoms with Gasteiger partial charge in [0.15, 0.2) is 0 Å². The van der Waals surface area contributed by atoms with Crippen LogP contribution < -0.4 is 5.32 Å². The Bertz CT molecular complexity index is 254. The summed E-state index contributed by atoms with van der Waals surface area (Å²) in [4.78, 5) is 24.4. The van der Waals surface area contributed by atoms with Crippen molar-refractivity contribution in [2.75, 3.05) is 20.1 Å². The topological polar surface area (TPSA) is 69.6 Å². The highest BCUT2D eigenvalue weighted by Crippen LogP contribution is 2.04. The van der Waals surface area contributed by atoms with Crippen molar-refractivity contribution in [3.05, 3.63) is 0 Å². The van der Waals surface area contributed by atoms with E-state index in [0.717, 1.165) is 13.0 Å². The average molecular weight is 244 g/mol. The van der Waals surface area contributed by atoms with Crippen molar-refractivity contribution in [3.63, 3.8) is 0 Å². The van der Waals surface area contributed by atoms with Gasteiger partial charge in [0.2, 0.25) is 5.91 Å². The third-order valence-electron chi connectivity index (χ3n) is 2.36. The van der Waals surface area contributed by atoms with E-state index in [1.165, 1.54) is 0 Å². The van der Waals surface area contributed by atoms with E-state index in [-0.39, 0.29) is 18.4 Å². The molecule has 0 radical (unpaired) electrons. The molecule has 5 nitrogen and oxygen atoms in total. The lowest BCUT2D eigenvalue weighted by Gasteiger charge is -2.19. The van der Waals surface area contributed by atoms with Gasteiger partial charge in [0.05, 0.1) is 6.54 Å². The SMILES string of the molecule is CCCN(C)CC(=O)N[C@H](CC(C)C)C(=O)O. The van der Waals surface area contributed by atoms with Crippen molar-refractivity contribution >= 4 is 11.9 Å². The van der Waals surface area contributed by atoms with Gasteiger partial charge in [-0.25, -0.2) is 4.79 Å². The third-order valence-corrected chi connectivity index (χ3v) is 2.36. The molecule has 0 aromatic heterocycles. The number of hydrogen-bond donors (Lipinski definition) is 2. The lowest BCUT2D eigenvalue weighted by molar-refractivity contribution is -0.142. The van der Waals surface area contributed by atoms with Gasteiger partial charge < -0.3 is 10.4 Å². The Morgan fingerprint density at radius 3 is 2.35 bits per heavy atom. The molecule has 0 aromatic rings. The van der Waals surface area contributed by atoms with Crippen LogP contribution in [0.15, 0.2) is 0 Å². The molecule has 0 rings (SSSR count). The molecule has 0 aromatic carbocycles. The zero-order valence-corrected chi connectivity index (χ0v) is 11.2. The molecule has 2 N–H and O–H groups in total. The highest BCUT2D eigenvalue weighted by molar-refractivity contribution is 5.84. The van der Waals surface area contributed by atoms with Crippen molar-refractivity contribution in [1.29, 1.82) is 0 Å². The molecule has 1 amide bonds. The van der Waals surface area contributed by atoms with Gasteiger partial charge in [-0.15, -0.1) is 0 Å². The number of nitrogens with one attached hydrogen (secondary N) is 1. The molecule has 0 heterocycles. The largest absolute Gasteiger partial charge is 0.480 e. The van der Waals surface area contributed by atoms with Gasteiger partial charge in [0.25, 0.3) is 0 Å². The van der Waals surface area contributed by atoms with E-state index < -0.39 is 12.0 Å². The maximum absolute atomic E-state index is 11.6. The number of likely N-dealkylation sites (N-methyl/N-ethyl adjacent to an activating group) is 1. The van der Waals surface area contributed by atoms with Crippen molar-refractivity contribution in [2.45, 2.75) is 39.7 Å². The van der Waals surface area contributed by atoms with Gasteiger partial charge in [-0.3, -0.25) is 9.69 Å². The Kier molecular flexibility index (Phi) is 7.54. The van der Waals surface area contributed by atoms with Crippen LogP contribution >= 0.6 is 0 Å². The van der Waals surface area contributed by atoms with Crippen LogP contribution in [-0.4, -0.2) is 48.1 Å². The lowest BCUT2D eigenvalue weighted by atomic mass is 10.0. The smallest absolute Gasteiger partial charge is 0.326 e. The monoisotopic (exact) mass is 244 g/mol. The fourth-order valence-electron chi connectivity index (χ4n) is 1.64. The highest BCUT2D eigenvalue weighted by atomic mass is 16.4. The Labute approximate surface area is 103 Å². The predicted octanol–water partition coefficient (Wildman–Crippen LogP) is 0.944. The summed E-state index contributed by atoms with van der Waals surface area (Å²) < 4.78 is 0. The molecule has 0 saturated carbocycles. The predicted molar refractivity (Wildman–Crippen MR) is 66.8 cm³/mol. The minimum atomic E-state index is -0.967. The van der Waals surface area contributed by atoms with Gasteiger partial charge in [0.1, 0.15) is 6.04 Å². The molecule has 0 bridgehead atoms. The van der Waals surface area contributed by atoms with Gasteiger partial charge in [-0.1, -0.05) is 20.8 Å². The minimum absolute atomic E-state index is 0.228. The zero-order valence-electron chi connectivity index (χ0n) is 11.2. The van der Waals surface area contributed by atoms with Crippen LogP contribution in [0.25, 0.3) is 0 Å². The quantitative estimate of drug-likeness (QED) is 0.667. The van der Waals surface area contributed by atoms with Crippen molar-refractivity contribution in [3.8, 4) is 0 Å². The fourth-order valence-corrected chi connectivity index (χ4v) is 1.64. The lowest BCUT2D eigenvalue weighted by Crippen LogP contribution is -2.45. The normalized spacial score (nSPS) is 12.8. The number of carbonyl (C=O) groups is 2. The second kappa shape index (κ2) is 8.06. The van der Waals surface area contributed by atoms with E-state index in [9.17, 15) is 9.59 Å². The number of aliphatic carboxylic acids is 1. The second-order valence-corrected chi connectivity index (χ2v) is 4.83. The summed E-state index contributed by atoms with van der Waals surface area (Å²) in [5.74, 6) is -0.955. The molecule has 0 aliphatic carbocycles. The summed E-state index contributed by atoms with van der Waals surface area (Å²) in [5, 5.41) is 11.5. The molecule has 5 heteroatoms. The number of hydrogen-bond acceptors (Lipinski definition) is 3. The Morgan fingerprint density at radius 2 is 1.94 bits per heavy atom. The molecule has 0 spiro atoms. The van der Waals surface area contributed by atoms with Gasteiger partial charge in [0, 0.05) is 0 Å². The van der Waals surface area contributed by atoms with E-state index in [0.29, 0.717) is 6.42 Å². The summed E-state index contributed by atoms with van der Waals surface area (Å²) in [7, 11) is 1.85. The first-order valence-corrected chi connectivity index (χ1v) is 6.07. The molecular weight excluding hydrogens is 220 g/mol. The van der Waals surface area contributed by atoms with Crippen molar-refractivity contribution in [1.82, 2.24) is 10.2 Å². The van der Waals surface area contributed by atoms with E-state index in [4.69, 9.17) is 5.11 Å². The summed E-state index contributed by atoms with van der Waals surface area (Å²) in [6, 6.07) is -0.780. The van der Waals surface area contributed by atoms with Crippen molar-refractivity contribution < 1.29 is 14.7 Å². The number of amides is 1. The molecule has 100 valence electrons. The first-order chi connectivity index (χ1) is 7.86. The molecule has 0 aliphatic rings. The Hall–Kier alpha value is -1.10. The number of carboxylic acid groups (broad SMARTS) is 1. The Balaban J connectivity index is 4.17. The maximum Gasteiger partial charge on any atom is 0.326 e. The van der Waals surface area contributed by atoms with Crippen LogP contribution in [0.4, 0.5) is 0 Å². The van der Waals surface area contributed by atoms with Crippen molar-refractivity contribution in [2.24, 2.45) is 5.92 Å². The number of nitrogens with zero attached hydrogens (tertiary/aromatic N) is 1. The van der Waals surface area contributed by atoms with E-state index in [1.54, 1.807) is 0 Å². The van der Waals surface area contributed by atoms with E-state index >= 15 is 0 Å². The molecular formula is C12H24N2O3. The molecule has 0 fully saturated rings. The number of carboxylic acids is 1. The number of rotatable bonds is 8. The van der Waals surface area contributed by atoms with Crippen LogP contribution in [0.2, 0.25) is 0 Å². The first-order valence-electron chi connectivity index (χ1n) is 6.07. The summed E-state index contributed by atoms with van der Waals surface area (Å²) in [5.41, 5.74) is 0. The molecule has 17 heavy (non-hydrogen) atoms. The maximum atomic E-state index is 11.6. The van der Waals surface area contributed by atoms with E-state index in [1.807, 2.05) is 32.7 Å². The van der Waals surface area contributed by atoms with Crippen LogP contribution in [0.3, 0.4) is 0 Å². The van der Waals surface area contributed by atoms with Gasteiger partial charge in [-0.2, -0.15) is 0 Å². The third kappa shape index (κ3) is 7.74. The van der Waals surface area contributed by atoms with Crippen LogP contribution in [0.1, 0.15) is 33.6 Å². The summed E-state index contributed by atoms with van der Waals surface area (Å²) >= 11 is 0. The van der Waals surface area contributed by atoms with E-state index in [2.05, 4.69) is 5.32 Å². The van der Waals surface area contributed by atoms with Crippen LogP contribution in [-0.2, 0) is 9.59 Å². The minimum Gasteiger partial charge on any atom is -0.480 e. The fraction of sp³-hybridized carbons (Fsp3) is 0.833. The molecule has 0 aliphatic heterocycles. The van der Waals surface area contributed by atoms with Gasteiger partial charge in [-0.05, 0) is 32.4 Å². The van der Waals surface area contributed by atoms with Crippen LogP contribution in [0.5, 0.6) is 0 Å². The molecule has 0 saturated heterocycles. The number of carbonyl (C=O) groups excluding carboxylic acids is 1. The standard InChI is InChI=1S/C12H24N2O3/c1-5-6-14(4)8-11(15)13-10(12(16)17)7-9(2)3/h9-10H,5-8H2,1-4H3,(H,13,15)(H,16,17)/t10-/m1/s1. The molecule has 0 unspecified atom stereocenters. The first kappa shape index (κ1) is 15.9. The molecule has 1 atom stereocenters. The Morgan fingerprint density at radius 1 is 1.35 bits per heavy atom. The zero-order chi connectivity index (χ0) is 13.4. The average Bonchev–Trinajstić information content (AvgIpc) is 2.15. The van der Waals surface area contributed by atoms with Gasteiger partial charge >= 0.3 is 5.97 Å².